The highest BCUT2D eigenvalue weighted by molar-refractivity contribution is 6.04. The summed E-state index contributed by atoms with van der Waals surface area (Å²) in [6.45, 7) is 5.07. The van der Waals surface area contributed by atoms with Crippen molar-refractivity contribution in [1.82, 2.24) is 0 Å². The molecule has 0 radical (unpaired) electrons. The van der Waals surface area contributed by atoms with Crippen LogP contribution in [0.3, 0.4) is 0 Å². The molecule has 0 saturated heterocycles. The number of aliphatic hydroxyl groups excluding tert-OH is 1. The van der Waals surface area contributed by atoms with Crippen LogP contribution >= 0.6 is 0 Å². The van der Waals surface area contributed by atoms with Gasteiger partial charge in [0.05, 0.1) is 13.2 Å². The number of fused-ring (bicyclic) bond motifs is 1. The minimum Gasteiger partial charge on any atom is -0.507 e. The van der Waals surface area contributed by atoms with Crippen molar-refractivity contribution in [2.45, 2.75) is 52.2 Å². The number of carbonyl (C=O) groups excluding carboxylic acids is 1. The summed E-state index contributed by atoms with van der Waals surface area (Å²) in [5.74, 6) is -3.09. The fourth-order valence-corrected chi connectivity index (χ4v) is 4.89. The van der Waals surface area contributed by atoms with E-state index in [9.17, 15) is 40.5 Å². The first-order chi connectivity index (χ1) is 18.4. The molecule has 1 aliphatic heterocycles. The van der Waals surface area contributed by atoms with Gasteiger partial charge in [0.15, 0.2) is 17.3 Å². The van der Waals surface area contributed by atoms with E-state index < -0.39 is 41.1 Å². The van der Waals surface area contributed by atoms with Gasteiger partial charge in [-0.25, -0.2) is 0 Å². The van der Waals surface area contributed by atoms with Crippen LogP contribution in [0.5, 0.6) is 46.0 Å². The smallest absolute Gasteiger partial charge is 0.173 e. The highest BCUT2D eigenvalue weighted by atomic mass is 16.5. The van der Waals surface area contributed by atoms with Crippen molar-refractivity contribution < 1.29 is 50.0 Å². The largest absolute Gasteiger partial charge is 0.507 e. The van der Waals surface area contributed by atoms with Gasteiger partial charge in [-0.15, -0.1) is 0 Å². The molecule has 10 heteroatoms. The Balaban J connectivity index is 1.77. The second-order valence-electron chi connectivity index (χ2n) is 9.82. The molecular formula is C29H32O10. The first-order valence-corrected chi connectivity index (χ1v) is 12.5. The van der Waals surface area contributed by atoms with Crippen molar-refractivity contribution in [1.29, 1.82) is 0 Å². The predicted molar refractivity (Wildman–Crippen MR) is 140 cm³/mol. The van der Waals surface area contributed by atoms with Crippen LogP contribution in [0.4, 0.5) is 0 Å². The number of aromatic hydroxyl groups is 6. The number of hydrogen-bond donors (Lipinski definition) is 7. The topological polar surface area (TPSA) is 177 Å². The van der Waals surface area contributed by atoms with E-state index in [0.717, 1.165) is 0 Å². The molecule has 7 N–H and O–H groups in total. The number of methoxy groups -OCH3 is 1. The highest BCUT2D eigenvalue weighted by Gasteiger charge is 2.35. The first kappa shape index (κ1) is 27.7. The molecule has 1 aliphatic rings. The second kappa shape index (κ2) is 10.5. The molecular weight excluding hydrogens is 508 g/mol. The van der Waals surface area contributed by atoms with Crippen LogP contribution in [0.1, 0.15) is 64.5 Å². The lowest BCUT2D eigenvalue weighted by molar-refractivity contribution is 0.0196. The molecule has 0 spiro atoms. The average molecular weight is 541 g/mol. The summed E-state index contributed by atoms with van der Waals surface area (Å²) in [7, 11) is 1.33. The number of carbonyl (C=O) groups is 1. The lowest BCUT2D eigenvalue weighted by Crippen LogP contribution is -2.30. The molecule has 10 nitrogen and oxygen atoms in total. The Kier molecular flexibility index (Phi) is 7.43. The number of ketones is 1. The molecule has 0 aliphatic carbocycles. The second-order valence-corrected chi connectivity index (χ2v) is 9.82. The zero-order valence-corrected chi connectivity index (χ0v) is 22.0. The third-order valence-electron chi connectivity index (χ3n) is 7.39. The van der Waals surface area contributed by atoms with Crippen molar-refractivity contribution >= 4 is 5.78 Å². The van der Waals surface area contributed by atoms with Crippen LogP contribution in [-0.2, 0) is 12.8 Å². The summed E-state index contributed by atoms with van der Waals surface area (Å²) in [5, 5.41) is 74.2. The maximum atomic E-state index is 13.1. The van der Waals surface area contributed by atoms with Gasteiger partial charge in [-0.2, -0.15) is 0 Å². The van der Waals surface area contributed by atoms with Crippen LogP contribution in [0.2, 0.25) is 0 Å². The van der Waals surface area contributed by atoms with Gasteiger partial charge in [0.2, 0.25) is 0 Å². The minimum atomic E-state index is -1.16. The van der Waals surface area contributed by atoms with Crippen molar-refractivity contribution in [2.24, 2.45) is 5.92 Å². The number of phenolic OH excluding ortho intramolecular Hbond substituents is 6. The van der Waals surface area contributed by atoms with E-state index in [2.05, 4.69) is 0 Å². The molecule has 0 bridgehead atoms. The van der Waals surface area contributed by atoms with Crippen molar-refractivity contribution in [3.63, 3.8) is 0 Å². The summed E-state index contributed by atoms with van der Waals surface area (Å²) in [6.07, 6.45) is -2.04. The monoisotopic (exact) mass is 540 g/mol. The van der Waals surface area contributed by atoms with Gasteiger partial charge >= 0.3 is 0 Å². The standard InChI is InChI=1S/C29H32O10/c1-5-12(2)24(34)23-27(37)17(25(35)13(3)28(23)38-4)9-15-19(31)11-22-16(26(15)36)10-21(33)29(39-22)14-6-7-18(30)20(32)8-14/h6-8,11-12,21,29-33,35-37H,5,9-10H2,1-4H3/t12?,21-,29+/m0/s1. The Morgan fingerprint density at radius 2 is 1.69 bits per heavy atom. The van der Waals surface area contributed by atoms with E-state index in [0.29, 0.717) is 12.0 Å². The van der Waals surface area contributed by atoms with E-state index in [4.69, 9.17) is 9.47 Å². The number of ether oxygens (including phenoxy) is 2. The van der Waals surface area contributed by atoms with Crippen LogP contribution in [-0.4, -0.2) is 54.7 Å². The molecule has 4 rings (SSSR count). The van der Waals surface area contributed by atoms with Crippen molar-refractivity contribution in [2.75, 3.05) is 7.11 Å². The Hall–Kier alpha value is -4.31. The summed E-state index contributed by atoms with van der Waals surface area (Å²) in [6, 6.07) is 5.22. The Morgan fingerprint density at radius 3 is 2.31 bits per heavy atom. The first-order valence-electron chi connectivity index (χ1n) is 12.5. The van der Waals surface area contributed by atoms with Gasteiger partial charge in [-0.05, 0) is 31.0 Å². The van der Waals surface area contributed by atoms with Crippen molar-refractivity contribution in [3.05, 3.63) is 57.6 Å². The van der Waals surface area contributed by atoms with Gasteiger partial charge < -0.3 is 45.2 Å². The molecule has 0 aromatic heterocycles. The molecule has 1 heterocycles. The fraction of sp³-hybridized carbons (Fsp3) is 0.345. The Labute approximate surface area is 225 Å². The molecule has 0 amide bonds. The van der Waals surface area contributed by atoms with E-state index >= 15 is 0 Å². The molecule has 0 saturated carbocycles. The molecule has 1 unspecified atom stereocenters. The van der Waals surface area contributed by atoms with Gasteiger partial charge in [-0.1, -0.05) is 19.9 Å². The maximum Gasteiger partial charge on any atom is 0.173 e. The summed E-state index contributed by atoms with van der Waals surface area (Å²) in [5.41, 5.74) is 0.548. The normalized spacial score (nSPS) is 17.3. The highest BCUT2D eigenvalue weighted by Crippen LogP contribution is 2.49. The fourth-order valence-electron chi connectivity index (χ4n) is 4.89. The molecule has 3 aromatic rings. The predicted octanol–water partition coefficient (Wildman–Crippen LogP) is 4.09. The summed E-state index contributed by atoms with van der Waals surface area (Å²) in [4.78, 5) is 13.1. The van der Waals surface area contributed by atoms with Crippen molar-refractivity contribution in [3.8, 4) is 46.0 Å². The van der Waals surface area contributed by atoms with Gasteiger partial charge in [-0.3, -0.25) is 4.79 Å². The lowest BCUT2D eigenvalue weighted by atomic mass is 9.88. The molecule has 0 fully saturated rings. The Morgan fingerprint density at radius 1 is 1.00 bits per heavy atom. The Bertz CT molecular complexity index is 1450. The number of benzene rings is 3. The van der Waals surface area contributed by atoms with E-state index in [1.807, 2.05) is 6.92 Å². The molecule has 3 aromatic carbocycles. The van der Waals surface area contributed by atoms with Crippen LogP contribution in [0.15, 0.2) is 24.3 Å². The number of aliphatic hydroxyl groups is 1. The SMILES string of the molecule is CCC(C)C(=O)c1c(O)c(Cc2c(O)cc3c(c2O)C[C@H](O)[C@@H](c2ccc(O)c(O)c2)O3)c(O)c(C)c1OC. The third kappa shape index (κ3) is 4.72. The summed E-state index contributed by atoms with van der Waals surface area (Å²) < 4.78 is 11.2. The van der Waals surface area contributed by atoms with Crippen LogP contribution in [0.25, 0.3) is 0 Å². The average Bonchev–Trinajstić information content (AvgIpc) is 2.91. The zero-order chi connectivity index (χ0) is 28.8. The van der Waals surface area contributed by atoms with E-state index in [1.54, 1.807) is 6.92 Å². The summed E-state index contributed by atoms with van der Waals surface area (Å²) >= 11 is 0. The molecule has 39 heavy (non-hydrogen) atoms. The van der Waals surface area contributed by atoms with E-state index in [-0.39, 0.29) is 69.4 Å². The number of Topliss-reactive ketones (excluding diaryl/α,β-unsaturated/α-hetero) is 1. The number of hydrogen-bond acceptors (Lipinski definition) is 10. The van der Waals surface area contributed by atoms with Crippen LogP contribution < -0.4 is 9.47 Å². The minimum absolute atomic E-state index is 0.0424. The zero-order valence-electron chi connectivity index (χ0n) is 22.0. The lowest BCUT2D eigenvalue weighted by Gasteiger charge is -2.32. The van der Waals surface area contributed by atoms with Gasteiger partial charge in [0.1, 0.15) is 46.2 Å². The molecule has 3 atom stereocenters. The van der Waals surface area contributed by atoms with Gasteiger partial charge in [0, 0.05) is 47.1 Å². The molecule has 208 valence electrons. The quantitative estimate of drug-likeness (QED) is 0.171. The van der Waals surface area contributed by atoms with E-state index in [1.165, 1.54) is 38.3 Å². The maximum absolute atomic E-state index is 13.1. The number of rotatable bonds is 7. The number of phenols is 6. The van der Waals surface area contributed by atoms with Gasteiger partial charge in [0.25, 0.3) is 0 Å². The third-order valence-corrected chi connectivity index (χ3v) is 7.39. The van der Waals surface area contributed by atoms with Crippen LogP contribution in [0, 0.1) is 12.8 Å².